The molecule has 0 radical (unpaired) electrons. The van der Waals surface area contributed by atoms with Crippen LogP contribution in [0.4, 0.5) is 0 Å². The Hall–Kier alpha value is -1.53. The number of hydrogen-bond acceptors (Lipinski definition) is 4. The summed E-state index contributed by atoms with van der Waals surface area (Å²) in [6.07, 6.45) is 5.70. The van der Waals surface area contributed by atoms with Gasteiger partial charge in [-0.1, -0.05) is 26.8 Å². The third-order valence-electron chi connectivity index (χ3n) is 3.11. The van der Waals surface area contributed by atoms with E-state index in [1.807, 2.05) is 41.2 Å². The van der Waals surface area contributed by atoms with Crippen LogP contribution in [0.2, 0.25) is 0 Å². The summed E-state index contributed by atoms with van der Waals surface area (Å²) in [5, 5.41) is 0. The lowest BCUT2D eigenvalue weighted by atomic mass is 9.96. The molecule has 0 saturated carbocycles. The Bertz CT molecular complexity index is 765. The van der Waals surface area contributed by atoms with Crippen molar-refractivity contribution in [1.82, 2.24) is 14.4 Å². The van der Waals surface area contributed by atoms with Crippen molar-refractivity contribution in [2.45, 2.75) is 36.3 Å². The van der Waals surface area contributed by atoms with Gasteiger partial charge in [-0.3, -0.25) is 4.21 Å². The minimum atomic E-state index is -1.14. The van der Waals surface area contributed by atoms with Crippen LogP contribution in [-0.4, -0.2) is 18.6 Å². The van der Waals surface area contributed by atoms with Gasteiger partial charge >= 0.3 is 0 Å². The largest absolute Gasteiger partial charge is 0.307 e. The van der Waals surface area contributed by atoms with Crippen LogP contribution in [0.15, 0.2) is 41.1 Å². The minimum Gasteiger partial charge on any atom is -0.307 e. The monoisotopic (exact) mass is 319 g/mol. The maximum absolute atomic E-state index is 12.4. The number of aromatic nitrogens is 3. The lowest BCUT2D eigenvalue weighted by Crippen LogP contribution is -2.07. The Morgan fingerprint density at radius 1 is 1.33 bits per heavy atom. The van der Waals surface area contributed by atoms with Gasteiger partial charge in [-0.15, -0.1) is 11.3 Å². The molecule has 0 spiro atoms. The molecule has 0 saturated heterocycles. The average Bonchev–Trinajstić information content (AvgIpc) is 3.04. The van der Waals surface area contributed by atoms with Crippen LogP contribution in [0.1, 0.15) is 31.3 Å². The van der Waals surface area contributed by atoms with Crippen molar-refractivity contribution in [3.05, 3.63) is 47.4 Å². The van der Waals surface area contributed by atoms with Gasteiger partial charge in [-0.25, -0.2) is 9.97 Å². The van der Waals surface area contributed by atoms with E-state index in [2.05, 4.69) is 30.7 Å². The van der Waals surface area contributed by atoms with Crippen LogP contribution in [0, 0.1) is 0 Å². The van der Waals surface area contributed by atoms with Gasteiger partial charge in [0.25, 0.3) is 0 Å². The number of rotatable bonds is 3. The summed E-state index contributed by atoms with van der Waals surface area (Å²) >= 11 is 1.53. The summed E-state index contributed by atoms with van der Waals surface area (Å²) in [7, 11) is -1.14. The lowest BCUT2D eigenvalue weighted by molar-refractivity contribution is 0.602. The standard InChI is InChI=1S/C15H17N3OS2/c1-15(2,3)12-8-16-14(20-12)21(19)10-11-9-18-7-5-4-6-13(18)17-11/h4-9H,10H2,1-3H3. The first-order valence-corrected chi connectivity index (χ1v) is 8.84. The number of nitrogens with zero attached hydrogens (tertiary/aromatic N) is 3. The second kappa shape index (κ2) is 5.35. The van der Waals surface area contributed by atoms with Gasteiger partial charge in [0.1, 0.15) is 5.65 Å². The molecule has 0 bridgehead atoms. The summed E-state index contributed by atoms with van der Waals surface area (Å²) in [5.41, 5.74) is 1.74. The van der Waals surface area contributed by atoms with Crippen LogP contribution >= 0.6 is 11.3 Å². The van der Waals surface area contributed by atoms with E-state index >= 15 is 0 Å². The first-order chi connectivity index (χ1) is 9.93. The highest BCUT2D eigenvalue weighted by molar-refractivity contribution is 7.86. The van der Waals surface area contributed by atoms with E-state index in [-0.39, 0.29) is 5.41 Å². The second-order valence-corrected chi connectivity index (χ2v) is 8.58. The molecule has 0 aliphatic rings. The topological polar surface area (TPSA) is 47.3 Å². The van der Waals surface area contributed by atoms with Crippen molar-refractivity contribution in [1.29, 1.82) is 0 Å². The molecular formula is C15H17N3OS2. The van der Waals surface area contributed by atoms with Crippen LogP contribution < -0.4 is 0 Å². The maximum Gasteiger partial charge on any atom is 0.181 e. The quantitative estimate of drug-likeness (QED) is 0.743. The molecule has 3 heterocycles. The van der Waals surface area contributed by atoms with E-state index in [4.69, 9.17) is 0 Å². The first-order valence-electron chi connectivity index (χ1n) is 6.71. The summed E-state index contributed by atoms with van der Waals surface area (Å²) in [6.45, 7) is 6.40. The zero-order valence-corrected chi connectivity index (χ0v) is 13.9. The number of fused-ring (bicyclic) bond motifs is 1. The molecule has 0 aliphatic heterocycles. The van der Waals surface area contributed by atoms with E-state index in [1.54, 1.807) is 0 Å². The molecule has 110 valence electrons. The van der Waals surface area contributed by atoms with Crippen molar-refractivity contribution >= 4 is 27.8 Å². The fourth-order valence-corrected chi connectivity index (χ4v) is 4.19. The third kappa shape index (κ3) is 3.06. The Balaban J connectivity index is 1.81. The van der Waals surface area contributed by atoms with Crippen LogP contribution in [0.5, 0.6) is 0 Å². The summed E-state index contributed by atoms with van der Waals surface area (Å²) < 4.78 is 15.1. The highest BCUT2D eigenvalue weighted by Gasteiger charge is 2.19. The molecule has 0 N–H and O–H groups in total. The van der Waals surface area contributed by atoms with Gasteiger partial charge < -0.3 is 4.40 Å². The number of hydrogen-bond donors (Lipinski definition) is 0. The van der Waals surface area contributed by atoms with Crippen molar-refractivity contribution in [3.8, 4) is 0 Å². The van der Waals surface area contributed by atoms with E-state index < -0.39 is 10.8 Å². The smallest absolute Gasteiger partial charge is 0.181 e. The molecule has 0 fully saturated rings. The van der Waals surface area contributed by atoms with Gasteiger partial charge in [0, 0.05) is 23.5 Å². The molecule has 21 heavy (non-hydrogen) atoms. The van der Waals surface area contributed by atoms with E-state index in [1.165, 1.54) is 11.3 Å². The maximum atomic E-state index is 12.4. The summed E-state index contributed by atoms with van der Waals surface area (Å²) in [6, 6.07) is 5.83. The van der Waals surface area contributed by atoms with Gasteiger partial charge in [0.05, 0.1) is 22.2 Å². The Morgan fingerprint density at radius 3 is 2.81 bits per heavy atom. The molecule has 6 heteroatoms. The molecule has 3 aromatic rings. The molecule has 0 amide bonds. The van der Waals surface area contributed by atoms with Gasteiger partial charge in [-0.2, -0.15) is 0 Å². The fourth-order valence-electron chi connectivity index (χ4n) is 1.96. The van der Waals surface area contributed by atoms with Gasteiger partial charge in [-0.05, 0) is 17.5 Å². The normalized spacial score (nSPS) is 13.7. The van der Waals surface area contributed by atoms with Crippen LogP contribution in [0.3, 0.4) is 0 Å². The molecule has 4 nitrogen and oxygen atoms in total. The third-order valence-corrected chi connectivity index (χ3v) is 6.19. The molecule has 1 atom stereocenters. The van der Waals surface area contributed by atoms with Crippen molar-refractivity contribution in [3.63, 3.8) is 0 Å². The predicted molar refractivity (Wildman–Crippen MR) is 86.1 cm³/mol. The fraction of sp³-hybridized carbons (Fsp3) is 0.333. The highest BCUT2D eigenvalue weighted by atomic mass is 32.2. The Morgan fingerprint density at radius 2 is 2.14 bits per heavy atom. The van der Waals surface area contributed by atoms with Crippen molar-refractivity contribution in [2.75, 3.05) is 0 Å². The minimum absolute atomic E-state index is 0.0448. The van der Waals surface area contributed by atoms with Crippen LogP contribution in [-0.2, 0) is 22.0 Å². The SMILES string of the molecule is CC(C)(C)c1cnc(S(=O)Cc2cn3ccccc3n2)s1. The van der Waals surface area contributed by atoms with E-state index in [9.17, 15) is 4.21 Å². The number of thiazole rings is 1. The number of imidazole rings is 1. The van der Waals surface area contributed by atoms with Gasteiger partial charge in [0.2, 0.25) is 0 Å². The molecular weight excluding hydrogens is 302 g/mol. The zero-order valence-electron chi connectivity index (χ0n) is 12.2. The predicted octanol–water partition coefficient (Wildman–Crippen LogP) is 3.40. The molecule has 0 aliphatic carbocycles. The van der Waals surface area contributed by atoms with Crippen molar-refractivity contribution < 1.29 is 4.21 Å². The molecule has 3 aromatic heterocycles. The number of pyridine rings is 1. The Labute approximate surface area is 130 Å². The van der Waals surface area contributed by atoms with Gasteiger partial charge in [0.15, 0.2) is 4.34 Å². The summed E-state index contributed by atoms with van der Waals surface area (Å²) in [4.78, 5) is 9.95. The van der Waals surface area contributed by atoms with E-state index in [0.717, 1.165) is 16.2 Å². The first kappa shape index (κ1) is 14.4. The van der Waals surface area contributed by atoms with Crippen molar-refractivity contribution in [2.24, 2.45) is 0 Å². The second-order valence-electron chi connectivity index (χ2n) is 5.93. The summed E-state index contributed by atoms with van der Waals surface area (Å²) in [5.74, 6) is 0.402. The van der Waals surface area contributed by atoms with E-state index in [0.29, 0.717) is 10.1 Å². The highest BCUT2D eigenvalue weighted by Crippen LogP contribution is 2.29. The zero-order chi connectivity index (χ0) is 15.0. The van der Waals surface area contributed by atoms with Crippen LogP contribution in [0.25, 0.3) is 5.65 Å². The lowest BCUT2D eigenvalue weighted by Gasteiger charge is -2.14. The average molecular weight is 319 g/mol. The molecule has 1 unspecified atom stereocenters. The Kier molecular flexibility index (Phi) is 3.67. The molecule has 3 rings (SSSR count). The molecule has 0 aromatic carbocycles.